The lowest BCUT2D eigenvalue weighted by Crippen LogP contribution is -2.11. The van der Waals surface area contributed by atoms with Crippen molar-refractivity contribution in [2.75, 3.05) is 13.2 Å². The van der Waals surface area contributed by atoms with Crippen molar-refractivity contribution in [3.63, 3.8) is 0 Å². The molecule has 17 heavy (non-hydrogen) atoms. The molecule has 0 saturated carbocycles. The van der Waals surface area contributed by atoms with Crippen LogP contribution in [0.5, 0.6) is 5.75 Å². The van der Waals surface area contributed by atoms with E-state index in [1.807, 2.05) is 13.8 Å². The number of carboxylic acid groups (broad SMARTS) is 1. The topological polar surface area (TPSA) is 55.8 Å². The fraction of sp³-hybridized carbons (Fsp3) is 0.417. The Kier molecular flexibility index (Phi) is 4.90. The number of hydrogen-bond acceptors (Lipinski definition) is 3. The van der Waals surface area contributed by atoms with E-state index in [1.54, 1.807) is 0 Å². The van der Waals surface area contributed by atoms with Gasteiger partial charge in [-0.1, -0.05) is 0 Å². The van der Waals surface area contributed by atoms with E-state index in [2.05, 4.69) is 0 Å². The molecule has 0 aliphatic heterocycles. The van der Waals surface area contributed by atoms with E-state index >= 15 is 0 Å². The van der Waals surface area contributed by atoms with Crippen LogP contribution in [0.2, 0.25) is 0 Å². The predicted molar refractivity (Wildman–Crippen MR) is 59.9 cm³/mol. The number of aromatic carboxylic acids is 1. The molecule has 5 heteroatoms. The third-order valence-corrected chi connectivity index (χ3v) is 1.97. The minimum atomic E-state index is -1.29. The molecule has 0 aromatic heterocycles. The first-order chi connectivity index (χ1) is 8.00. The summed E-state index contributed by atoms with van der Waals surface area (Å²) >= 11 is 0. The largest absolute Gasteiger partial charge is 0.491 e. The summed E-state index contributed by atoms with van der Waals surface area (Å²) in [5.41, 5.74) is -0.365. The van der Waals surface area contributed by atoms with Gasteiger partial charge < -0.3 is 14.6 Å². The Morgan fingerprint density at radius 1 is 1.41 bits per heavy atom. The van der Waals surface area contributed by atoms with Crippen LogP contribution in [-0.2, 0) is 4.74 Å². The molecule has 1 rings (SSSR count). The SMILES string of the molecule is CC(C)OCCOc1ccc(C(=O)O)c(F)c1. The number of rotatable bonds is 6. The van der Waals surface area contributed by atoms with Gasteiger partial charge in [0.1, 0.15) is 18.2 Å². The molecular formula is C12H15FO4. The maximum absolute atomic E-state index is 13.2. The fourth-order valence-electron chi connectivity index (χ4n) is 1.20. The molecule has 0 spiro atoms. The average Bonchev–Trinajstić information content (AvgIpc) is 2.23. The first kappa shape index (κ1) is 13.4. The minimum Gasteiger partial charge on any atom is -0.491 e. The number of carbonyl (C=O) groups is 1. The summed E-state index contributed by atoms with van der Waals surface area (Å²) in [5.74, 6) is -1.81. The molecule has 94 valence electrons. The molecule has 0 atom stereocenters. The van der Waals surface area contributed by atoms with E-state index in [9.17, 15) is 9.18 Å². The Morgan fingerprint density at radius 2 is 2.12 bits per heavy atom. The van der Waals surface area contributed by atoms with Crippen molar-refractivity contribution >= 4 is 5.97 Å². The average molecular weight is 242 g/mol. The van der Waals surface area contributed by atoms with Gasteiger partial charge in [-0.3, -0.25) is 0 Å². The van der Waals surface area contributed by atoms with Crippen molar-refractivity contribution in [3.05, 3.63) is 29.6 Å². The number of benzene rings is 1. The van der Waals surface area contributed by atoms with E-state index in [1.165, 1.54) is 12.1 Å². The highest BCUT2D eigenvalue weighted by molar-refractivity contribution is 5.88. The normalized spacial score (nSPS) is 10.6. The first-order valence-electron chi connectivity index (χ1n) is 5.28. The highest BCUT2D eigenvalue weighted by Gasteiger charge is 2.10. The molecule has 0 aliphatic carbocycles. The Balaban J connectivity index is 2.50. The second-order valence-corrected chi connectivity index (χ2v) is 3.71. The van der Waals surface area contributed by atoms with Gasteiger partial charge in [0, 0.05) is 6.07 Å². The summed E-state index contributed by atoms with van der Waals surface area (Å²) < 4.78 is 23.7. The lowest BCUT2D eigenvalue weighted by atomic mass is 10.2. The first-order valence-corrected chi connectivity index (χ1v) is 5.28. The summed E-state index contributed by atoms with van der Waals surface area (Å²) in [4.78, 5) is 10.6. The van der Waals surface area contributed by atoms with Crippen LogP contribution in [0, 0.1) is 5.82 Å². The lowest BCUT2D eigenvalue weighted by Gasteiger charge is -2.09. The maximum atomic E-state index is 13.2. The van der Waals surface area contributed by atoms with Gasteiger partial charge in [-0.2, -0.15) is 0 Å². The van der Waals surface area contributed by atoms with Crippen molar-refractivity contribution in [2.24, 2.45) is 0 Å². The molecule has 0 aliphatic rings. The highest BCUT2D eigenvalue weighted by atomic mass is 19.1. The second-order valence-electron chi connectivity index (χ2n) is 3.71. The minimum absolute atomic E-state index is 0.115. The van der Waals surface area contributed by atoms with Gasteiger partial charge in [-0.05, 0) is 26.0 Å². The third-order valence-electron chi connectivity index (χ3n) is 1.97. The molecule has 4 nitrogen and oxygen atoms in total. The molecule has 0 fully saturated rings. The molecule has 0 bridgehead atoms. The van der Waals surface area contributed by atoms with Gasteiger partial charge in [-0.15, -0.1) is 0 Å². The van der Waals surface area contributed by atoms with E-state index in [-0.39, 0.29) is 11.7 Å². The lowest BCUT2D eigenvalue weighted by molar-refractivity contribution is 0.0551. The van der Waals surface area contributed by atoms with Crippen molar-refractivity contribution in [2.45, 2.75) is 20.0 Å². The molecule has 1 N–H and O–H groups in total. The maximum Gasteiger partial charge on any atom is 0.338 e. The van der Waals surface area contributed by atoms with Gasteiger partial charge in [0.15, 0.2) is 0 Å². The monoisotopic (exact) mass is 242 g/mol. The predicted octanol–water partition coefficient (Wildman–Crippen LogP) is 2.33. The van der Waals surface area contributed by atoms with Crippen LogP contribution >= 0.6 is 0 Å². The third kappa shape index (κ3) is 4.40. The van der Waals surface area contributed by atoms with Crippen molar-refractivity contribution in [3.8, 4) is 5.75 Å². The zero-order chi connectivity index (χ0) is 12.8. The van der Waals surface area contributed by atoms with Crippen molar-refractivity contribution in [1.29, 1.82) is 0 Å². The van der Waals surface area contributed by atoms with Crippen molar-refractivity contribution < 1.29 is 23.8 Å². The van der Waals surface area contributed by atoms with E-state index in [0.29, 0.717) is 19.0 Å². The number of halogens is 1. The molecule has 1 aromatic carbocycles. The van der Waals surface area contributed by atoms with E-state index < -0.39 is 11.8 Å². The van der Waals surface area contributed by atoms with Gasteiger partial charge >= 0.3 is 5.97 Å². The molecule has 0 unspecified atom stereocenters. The molecule has 0 saturated heterocycles. The number of ether oxygens (including phenoxy) is 2. The van der Waals surface area contributed by atoms with Crippen molar-refractivity contribution in [1.82, 2.24) is 0 Å². The Bertz CT molecular complexity index is 390. The van der Waals surface area contributed by atoms with E-state index in [0.717, 1.165) is 6.07 Å². The standard InChI is InChI=1S/C12H15FO4/c1-8(2)16-5-6-17-9-3-4-10(12(14)15)11(13)7-9/h3-4,7-8H,5-6H2,1-2H3,(H,14,15). The van der Waals surface area contributed by atoms with Crippen LogP contribution in [0.15, 0.2) is 18.2 Å². The number of carboxylic acids is 1. The van der Waals surface area contributed by atoms with Crippen LogP contribution in [0.3, 0.4) is 0 Å². The van der Waals surface area contributed by atoms with Gasteiger partial charge in [0.25, 0.3) is 0 Å². The van der Waals surface area contributed by atoms with Crippen LogP contribution in [-0.4, -0.2) is 30.4 Å². The smallest absolute Gasteiger partial charge is 0.338 e. The summed E-state index contributed by atoms with van der Waals surface area (Å²) in [6, 6.07) is 3.65. The highest BCUT2D eigenvalue weighted by Crippen LogP contribution is 2.16. The summed E-state index contributed by atoms with van der Waals surface area (Å²) in [6.07, 6.45) is 0.115. The zero-order valence-electron chi connectivity index (χ0n) is 9.77. The molecular weight excluding hydrogens is 227 g/mol. The van der Waals surface area contributed by atoms with Crippen LogP contribution < -0.4 is 4.74 Å². The molecule has 1 aromatic rings. The quantitative estimate of drug-likeness (QED) is 0.778. The van der Waals surface area contributed by atoms with Gasteiger partial charge in [0.05, 0.1) is 18.3 Å². The molecule has 0 heterocycles. The van der Waals surface area contributed by atoms with Gasteiger partial charge in [0.2, 0.25) is 0 Å². The molecule has 0 amide bonds. The molecule has 0 radical (unpaired) electrons. The fourth-order valence-corrected chi connectivity index (χ4v) is 1.20. The van der Waals surface area contributed by atoms with Gasteiger partial charge in [-0.25, -0.2) is 9.18 Å². The van der Waals surface area contributed by atoms with Crippen LogP contribution in [0.25, 0.3) is 0 Å². The second kappa shape index (κ2) is 6.20. The Hall–Kier alpha value is -1.62. The zero-order valence-corrected chi connectivity index (χ0v) is 9.77. The summed E-state index contributed by atoms with van der Waals surface area (Å²) in [5, 5.41) is 8.63. The van der Waals surface area contributed by atoms with Crippen LogP contribution in [0.4, 0.5) is 4.39 Å². The Morgan fingerprint density at radius 3 is 2.65 bits per heavy atom. The van der Waals surface area contributed by atoms with E-state index in [4.69, 9.17) is 14.6 Å². The summed E-state index contributed by atoms with van der Waals surface area (Å²) in [7, 11) is 0. The Labute approximate surface area is 99.0 Å². The summed E-state index contributed by atoms with van der Waals surface area (Å²) in [6.45, 7) is 4.51. The number of hydrogen-bond donors (Lipinski definition) is 1. The van der Waals surface area contributed by atoms with Crippen LogP contribution in [0.1, 0.15) is 24.2 Å².